The van der Waals surface area contributed by atoms with Gasteiger partial charge >= 0.3 is 0 Å². The highest BCUT2D eigenvalue weighted by Gasteiger charge is 2.21. The Hall–Kier alpha value is -1.50. The number of amides is 1. The summed E-state index contributed by atoms with van der Waals surface area (Å²) in [7, 11) is 3.52. The standard InChI is InChI=1S/C17H26FN3O2/c1-19(2)17(23)13-21-9-5-8-20(10-11-21)12-16(22)14-6-3-4-7-15(14)18/h3-4,6-7,16,22H,5,8-13H2,1-2H3. The number of β-amino-alcohol motifs (C(OH)–C–C–N with tert-alkyl or cyclic N) is 1. The summed E-state index contributed by atoms with van der Waals surface area (Å²) < 4.78 is 13.7. The van der Waals surface area contributed by atoms with Crippen LogP contribution in [0.3, 0.4) is 0 Å². The molecule has 0 radical (unpaired) electrons. The molecule has 1 unspecified atom stereocenters. The molecule has 1 fully saturated rings. The molecule has 1 aromatic rings. The molecule has 6 heteroatoms. The fraction of sp³-hybridized carbons (Fsp3) is 0.588. The Labute approximate surface area is 137 Å². The van der Waals surface area contributed by atoms with Crippen LogP contribution < -0.4 is 0 Å². The zero-order chi connectivity index (χ0) is 16.8. The number of carbonyl (C=O) groups is 1. The summed E-state index contributed by atoms with van der Waals surface area (Å²) in [5, 5.41) is 10.3. The third kappa shape index (κ3) is 5.27. The maximum atomic E-state index is 13.7. The molecule has 1 atom stereocenters. The Kier molecular flexibility index (Phi) is 6.50. The second kappa shape index (κ2) is 8.38. The van der Waals surface area contributed by atoms with Crippen molar-refractivity contribution in [3.8, 4) is 0 Å². The fourth-order valence-corrected chi connectivity index (χ4v) is 2.79. The van der Waals surface area contributed by atoms with Crippen LogP contribution in [0.1, 0.15) is 18.1 Å². The summed E-state index contributed by atoms with van der Waals surface area (Å²) in [5.41, 5.74) is 0.344. The van der Waals surface area contributed by atoms with Gasteiger partial charge in [-0.15, -0.1) is 0 Å². The van der Waals surface area contributed by atoms with Crippen molar-refractivity contribution in [2.75, 3.05) is 53.4 Å². The smallest absolute Gasteiger partial charge is 0.236 e. The van der Waals surface area contributed by atoms with Crippen molar-refractivity contribution in [2.24, 2.45) is 0 Å². The van der Waals surface area contributed by atoms with E-state index >= 15 is 0 Å². The summed E-state index contributed by atoms with van der Waals surface area (Å²) in [6, 6.07) is 6.35. The van der Waals surface area contributed by atoms with Crippen molar-refractivity contribution < 1.29 is 14.3 Å². The molecule has 1 aliphatic rings. The summed E-state index contributed by atoms with van der Waals surface area (Å²) in [4.78, 5) is 17.7. The Bertz CT molecular complexity index is 524. The minimum Gasteiger partial charge on any atom is -0.387 e. The minimum atomic E-state index is -0.828. The lowest BCUT2D eigenvalue weighted by molar-refractivity contribution is -0.129. The lowest BCUT2D eigenvalue weighted by Gasteiger charge is -2.24. The second-order valence-electron chi connectivity index (χ2n) is 6.26. The number of nitrogens with zero attached hydrogens (tertiary/aromatic N) is 3. The first-order chi connectivity index (χ1) is 11.0. The van der Waals surface area contributed by atoms with Gasteiger partial charge in [0.2, 0.25) is 5.91 Å². The molecule has 128 valence electrons. The van der Waals surface area contributed by atoms with Crippen LogP contribution >= 0.6 is 0 Å². The summed E-state index contributed by atoms with van der Waals surface area (Å²) in [5.74, 6) is -0.266. The van der Waals surface area contributed by atoms with Crippen LogP contribution in [0.25, 0.3) is 0 Å². The highest BCUT2D eigenvalue weighted by molar-refractivity contribution is 5.77. The van der Waals surface area contributed by atoms with E-state index in [1.807, 2.05) is 0 Å². The van der Waals surface area contributed by atoms with Crippen molar-refractivity contribution in [2.45, 2.75) is 12.5 Å². The second-order valence-corrected chi connectivity index (χ2v) is 6.26. The van der Waals surface area contributed by atoms with Crippen molar-refractivity contribution in [1.82, 2.24) is 14.7 Å². The van der Waals surface area contributed by atoms with E-state index in [2.05, 4.69) is 9.80 Å². The molecule has 1 aliphatic heterocycles. The van der Waals surface area contributed by atoms with Crippen LogP contribution in [0.4, 0.5) is 4.39 Å². The number of carbonyl (C=O) groups excluding carboxylic acids is 1. The van der Waals surface area contributed by atoms with Gasteiger partial charge in [-0.1, -0.05) is 18.2 Å². The zero-order valence-electron chi connectivity index (χ0n) is 13.9. The maximum Gasteiger partial charge on any atom is 0.236 e. The van der Waals surface area contributed by atoms with Crippen molar-refractivity contribution >= 4 is 5.91 Å². The van der Waals surface area contributed by atoms with E-state index in [0.717, 1.165) is 32.6 Å². The number of hydrogen-bond donors (Lipinski definition) is 1. The maximum absolute atomic E-state index is 13.7. The molecule has 1 saturated heterocycles. The molecule has 5 nitrogen and oxygen atoms in total. The molecular formula is C17H26FN3O2. The molecule has 0 saturated carbocycles. The van der Waals surface area contributed by atoms with E-state index in [9.17, 15) is 14.3 Å². The average molecular weight is 323 g/mol. The van der Waals surface area contributed by atoms with Gasteiger partial charge < -0.3 is 10.0 Å². The van der Waals surface area contributed by atoms with Gasteiger partial charge in [0.15, 0.2) is 0 Å². The molecule has 0 aromatic heterocycles. The molecule has 1 aromatic carbocycles. The number of aliphatic hydroxyl groups is 1. The lowest BCUT2D eigenvalue weighted by Crippen LogP contribution is -2.39. The number of likely N-dealkylation sites (N-methyl/N-ethyl adjacent to an activating group) is 1. The third-order valence-electron chi connectivity index (χ3n) is 4.23. The largest absolute Gasteiger partial charge is 0.387 e. The highest BCUT2D eigenvalue weighted by atomic mass is 19.1. The van der Waals surface area contributed by atoms with E-state index in [4.69, 9.17) is 0 Å². The van der Waals surface area contributed by atoms with Gasteiger partial charge in [0.05, 0.1) is 12.6 Å². The van der Waals surface area contributed by atoms with E-state index in [-0.39, 0.29) is 11.7 Å². The van der Waals surface area contributed by atoms with E-state index in [1.165, 1.54) is 6.07 Å². The summed E-state index contributed by atoms with van der Waals surface area (Å²) in [6.45, 7) is 4.10. The summed E-state index contributed by atoms with van der Waals surface area (Å²) >= 11 is 0. The lowest BCUT2D eigenvalue weighted by atomic mass is 10.1. The summed E-state index contributed by atoms with van der Waals surface area (Å²) in [6.07, 6.45) is 0.108. The Morgan fingerprint density at radius 1 is 1.22 bits per heavy atom. The Morgan fingerprint density at radius 3 is 2.57 bits per heavy atom. The van der Waals surface area contributed by atoms with E-state index < -0.39 is 6.10 Å². The van der Waals surface area contributed by atoms with Gasteiger partial charge in [0.1, 0.15) is 5.82 Å². The quantitative estimate of drug-likeness (QED) is 0.877. The van der Waals surface area contributed by atoms with Gasteiger partial charge in [-0.3, -0.25) is 14.6 Å². The van der Waals surface area contributed by atoms with Crippen molar-refractivity contribution in [3.05, 3.63) is 35.6 Å². The Morgan fingerprint density at radius 2 is 1.87 bits per heavy atom. The predicted octanol–water partition coefficient (Wildman–Crippen LogP) is 0.955. The number of rotatable bonds is 5. The van der Waals surface area contributed by atoms with Gasteiger partial charge in [-0.25, -0.2) is 4.39 Å². The number of hydrogen-bond acceptors (Lipinski definition) is 4. The zero-order valence-corrected chi connectivity index (χ0v) is 13.9. The van der Waals surface area contributed by atoms with Gasteiger partial charge in [-0.05, 0) is 25.6 Å². The van der Waals surface area contributed by atoms with Crippen LogP contribution in [0.5, 0.6) is 0 Å². The number of aliphatic hydroxyl groups excluding tert-OH is 1. The Balaban J connectivity index is 1.86. The van der Waals surface area contributed by atoms with Crippen LogP contribution in [-0.4, -0.2) is 79.1 Å². The number of halogens is 1. The first kappa shape index (κ1) is 17.8. The van der Waals surface area contributed by atoms with Crippen LogP contribution in [0, 0.1) is 5.82 Å². The van der Waals surface area contributed by atoms with Gasteiger partial charge in [-0.2, -0.15) is 0 Å². The van der Waals surface area contributed by atoms with Crippen LogP contribution in [0.2, 0.25) is 0 Å². The molecule has 1 amide bonds. The molecule has 23 heavy (non-hydrogen) atoms. The van der Waals surface area contributed by atoms with Gasteiger partial charge in [0, 0.05) is 39.3 Å². The predicted molar refractivity (Wildman–Crippen MR) is 87.6 cm³/mol. The van der Waals surface area contributed by atoms with E-state index in [0.29, 0.717) is 18.7 Å². The molecule has 0 bridgehead atoms. The number of benzene rings is 1. The van der Waals surface area contributed by atoms with Crippen molar-refractivity contribution in [1.29, 1.82) is 0 Å². The topological polar surface area (TPSA) is 47.0 Å². The minimum absolute atomic E-state index is 0.102. The van der Waals surface area contributed by atoms with Crippen LogP contribution in [0.15, 0.2) is 24.3 Å². The SMILES string of the molecule is CN(C)C(=O)CN1CCCN(CC(O)c2ccccc2F)CC1. The van der Waals surface area contributed by atoms with Crippen molar-refractivity contribution in [3.63, 3.8) is 0 Å². The molecule has 0 aliphatic carbocycles. The molecule has 0 spiro atoms. The molecule has 2 rings (SSSR count). The molecule has 1 heterocycles. The van der Waals surface area contributed by atoms with Gasteiger partial charge in [0.25, 0.3) is 0 Å². The third-order valence-corrected chi connectivity index (χ3v) is 4.23. The molecular weight excluding hydrogens is 297 g/mol. The highest BCUT2D eigenvalue weighted by Crippen LogP contribution is 2.18. The first-order valence-corrected chi connectivity index (χ1v) is 8.04. The average Bonchev–Trinajstić information content (AvgIpc) is 2.73. The molecule has 1 N–H and O–H groups in total. The first-order valence-electron chi connectivity index (χ1n) is 8.04. The van der Waals surface area contributed by atoms with E-state index in [1.54, 1.807) is 37.2 Å². The monoisotopic (exact) mass is 323 g/mol. The fourth-order valence-electron chi connectivity index (χ4n) is 2.79. The van der Waals surface area contributed by atoms with Crippen LogP contribution in [-0.2, 0) is 4.79 Å². The normalized spacial score (nSPS) is 18.4.